The molecule has 1 fully saturated rings. The van der Waals surface area contributed by atoms with E-state index in [1.54, 1.807) is 0 Å². The number of ether oxygens (including phenoxy) is 1. The van der Waals surface area contributed by atoms with E-state index in [4.69, 9.17) is 5.73 Å². The van der Waals surface area contributed by atoms with Crippen LogP contribution in [0.1, 0.15) is 32.1 Å². The van der Waals surface area contributed by atoms with Gasteiger partial charge >= 0.3 is 5.97 Å². The molecule has 2 unspecified atom stereocenters. The zero-order valence-corrected chi connectivity index (χ0v) is 12.4. The fourth-order valence-corrected chi connectivity index (χ4v) is 3.37. The van der Waals surface area contributed by atoms with Crippen molar-refractivity contribution < 1.29 is 9.53 Å². The van der Waals surface area contributed by atoms with E-state index in [9.17, 15) is 4.79 Å². The largest absolute Gasteiger partial charge is 0.468 e. The van der Waals surface area contributed by atoms with Crippen LogP contribution >= 0.6 is 11.8 Å². The van der Waals surface area contributed by atoms with Crippen LogP contribution in [0.5, 0.6) is 0 Å². The minimum absolute atomic E-state index is 0.303. The van der Waals surface area contributed by atoms with E-state index < -0.39 is 6.04 Å². The number of nitrogens with zero attached hydrogens (tertiary/aromatic N) is 1. The molecule has 0 aromatic heterocycles. The van der Waals surface area contributed by atoms with Crippen molar-refractivity contribution in [1.82, 2.24) is 4.90 Å². The Morgan fingerprint density at radius 1 is 1.50 bits per heavy atom. The SMILES string of the molecule is COC(=O)C(N)CCSCCC1CCCCN1C. The predicted octanol–water partition coefficient (Wildman–Crippen LogP) is 1.48. The van der Waals surface area contributed by atoms with Crippen molar-refractivity contribution in [2.75, 3.05) is 32.2 Å². The lowest BCUT2D eigenvalue weighted by Crippen LogP contribution is -2.36. The molecule has 0 radical (unpaired) electrons. The molecule has 5 heteroatoms. The van der Waals surface area contributed by atoms with Gasteiger partial charge in [-0.3, -0.25) is 4.79 Å². The van der Waals surface area contributed by atoms with Crippen LogP contribution in [-0.2, 0) is 9.53 Å². The number of hydrogen-bond acceptors (Lipinski definition) is 5. The summed E-state index contributed by atoms with van der Waals surface area (Å²) in [7, 11) is 3.61. The molecule has 0 amide bonds. The van der Waals surface area contributed by atoms with Gasteiger partial charge in [0.2, 0.25) is 0 Å². The maximum absolute atomic E-state index is 11.1. The zero-order chi connectivity index (χ0) is 13.4. The monoisotopic (exact) mass is 274 g/mol. The average molecular weight is 274 g/mol. The highest BCUT2D eigenvalue weighted by molar-refractivity contribution is 7.99. The van der Waals surface area contributed by atoms with Crippen LogP contribution in [0.15, 0.2) is 0 Å². The Morgan fingerprint density at radius 3 is 2.94 bits per heavy atom. The Hall–Kier alpha value is -0.260. The molecule has 0 saturated carbocycles. The molecule has 0 spiro atoms. The fourth-order valence-electron chi connectivity index (χ4n) is 2.31. The summed E-state index contributed by atoms with van der Waals surface area (Å²) in [5.41, 5.74) is 5.68. The maximum atomic E-state index is 11.1. The van der Waals surface area contributed by atoms with Gasteiger partial charge in [-0.1, -0.05) is 6.42 Å². The van der Waals surface area contributed by atoms with E-state index in [-0.39, 0.29) is 5.97 Å². The summed E-state index contributed by atoms with van der Waals surface area (Å²) in [6.45, 7) is 1.24. The molecular formula is C13H26N2O2S. The van der Waals surface area contributed by atoms with Gasteiger partial charge in [-0.25, -0.2) is 0 Å². The topological polar surface area (TPSA) is 55.6 Å². The third-order valence-corrected chi connectivity index (χ3v) is 4.64. The molecule has 0 aliphatic carbocycles. The van der Waals surface area contributed by atoms with Crippen LogP contribution in [0.3, 0.4) is 0 Å². The van der Waals surface area contributed by atoms with Gasteiger partial charge in [0.1, 0.15) is 6.04 Å². The molecule has 2 N–H and O–H groups in total. The van der Waals surface area contributed by atoms with Crippen molar-refractivity contribution in [3.05, 3.63) is 0 Å². The van der Waals surface area contributed by atoms with E-state index in [0.717, 1.165) is 17.5 Å². The summed E-state index contributed by atoms with van der Waals surface area (Å²) in [6, 6.07) is 0.292. The number of hydrogen-bond donors (Lipinski definition) is 1. The molecule has 1 aliphatic rings. The molecular weight excluding hydrogens is 248 g/mol. The number of piperidine rings is 1. The Balaban J connectivity index is 2.02. The quantitative estimate of drug-likeness (QED) is 0.563. The lowest BCUT2D eigenvalue weighted by atomic mass is 10.0. The van der Waals surface area contributed by atoms with Crippen molar-refractivity contribution in [2.45, 2.75) is 44.2 Å². The van der Waals surface area contributed by atoms with Crippen molar-refractivity contribution in [1.29, 1.82) is 0 Å². The van der Waals surface area contributed by atoms with Gasteiger partial charge in [-0.15, -0.1) is 0 Å². The Kier molecular flexibility index (Phi) is 7.70. The van der Waals surface area contributed by atoms with Gasteiger partial charge < -0.3 is 15.4 Å². The number of esters is 1. The summed E-state index contributed by atoms with van der Waals surface area (Å²) in [4.78, 5) is 13.6. The van der Waals surface area contributed by atoms with Crippen LogP contribution in [-0.4, -0.2) is 55.2 Å². The minimum Gasteiger partial charge on any atom is -0.468 e. The van der Waals surface area contributed by atoms with Gasteiger partial charge in [0, 0.05) is 6.04 Å². The van der Waals surface area contributed by atoms with Gasteiger partial charge in [0.15, 0.2) is 0 Å². The van der Waals surface area contributed by atoms with Gasteiger partial charge in [-0.05, 0) is 50.8 Å². The first kappa shape index (κ1) is 15.8. The normalized spacial score (nSPS) is 22.7. The minimum atomic E-state index is -0.458. The molecule has 0 aromatic rings. The highest BCUT2D eigenvalue weighted by Crippen LogP contribution is 2.19. The third kappa shape index (κ3) is 5.59. The second-order valence-electron chi connectivity index (χ2n) is 4.95. The Labute approximate surface area is 115 Å². The van der Waals surface area contributed by atoms with Crippen LogP contribution < -0.4 is 5.73 Å². The second kappa shape index (κ2) is 8.77. The summed E-state index contributed by atoms with van der Waals surface area (Å²) >= 11 is 1.89. The van der Waals surface area contributed by atoms with E-state index in [1.807, 2.05) is 11.8 Å². The Morgan fingerprint density at radius 2 is 2.28 bits per heavy atom. The first-order valence-corrected chi connectivity index (χ1v) is 7.92. The van der Waals surface area contributed by atoms with Crippen LogP contribution in [0.25, 0.3) is 0 Å². The smallest absolute Gasteiger partial charge is 0.322 e. The molecule has 0 bridgehead atoms. The van der Waals surface area contributed by atoms with Crippen LogP contribution in [0.2, 0.25) is 0 Å². The number of likely N-dealkylation sites (tertiary alicyclic amines) is 1. The van der Waals surface area contributed by atoms with E-state index >= 15 is 0 Å². The molecule has 106 valence electrons. The van der Waals surface area contributed by atoms with Gasteiger partial charge in [0.25, 0.3) is 0 Å². The average Bonchev–Trinajstić information content (AvgIpc) is 2.39. The molecule has 4 nitrogen and oxygen atoms in total. The second-order valence-corrected chi connectivity index (χ2v) is 6.17. The summed E-state index contributed by atoms with van der Waals surface area (Å²) in [5, 5.41) is 0. The maximum Gasteiger partial charge on any atom is 0.322 e. The number of rotatable bonds is 7. The molecule has 2 atom stereocenters. The molecule has 0 aromatic carbocycles. The number of carbonyl (C=O) groups excluding carboxylic acids is 1. The van der Waals surface area contributed by atoms with Crippen LogP contribution in [0, 0.1) is 0 Å². The lowest BCUT2D eigenvalue weighted by molar-refractivity contribution is -0.142. The van der Waals surface area contributed by atoms with E-state index in [0.29, 0.717) is 6.42 Å². The lowest BCUT2D eigenvalue weighted by Gasteiger charge is -2.32. The standard InChI is InChI=1S/C13H26N2O2S/c1-15-8-4-3-5-11(15)6-9-18-10-7-12(14)13(16)17-2/h11-12H,3-10,14H2,1-2H3. The molecule has 1 aliphatic heterocycles. The molecule has 1 heterocycles. The van der Waals surface area contributed by atoms with Crippen molar-refractivity contribution in [2.24, 2.45) is 5.73 Å². The summed E-state index contributed by atoms with van der Waals surface area (Å²) in [6.07, 6.45) is 5.99. The van der Waals surface area contributed by atoms with E-state index in [1.165, 1.54) is 39.3 Å². The highest BCUT2D eigenvalue weighted by Gasteiger charge is 2.18. The highest BCUT2D eigenvalue weighted by atomic mass is 32.2. The van der Waals surface area contributed by atoms with Crippen molar-refractivity contribution in [3.8, 4) is 0 Å². The zero-order valence-electron chi connectivity index (χ0n) is 11.6. The van der Waals surface area contributed by atoms with Crippen molar-refractivity contribution >= 4 is 17.7 Å². The first-order chi connectivity index (χ1) is 8.65. The number of nitrogens with two attached hydrogens (primary N) is 1. The van der Waals surface area contributed by atoms with Gasteiger partial charge in [0.05, 0.1) is 7.11 Å². The number of thioether (sulfide) groups is 1. The Bertz CT molecular complexity index is 251. The molecule has 18 heavy (non-hydrogen) atoms. The molecule has 1 saturated heterocycles. The molecule has 1 rings (SSSR count). The number of carbonyl (C=O) groups is 1. The van der Waals surface area contributed by atoms with Gasteiger partial charge in [-0.2, -0.15) is 11.8 Å². The first-order valence-electron chi connectivity index (χ1n) is 6.76. The summed E-state index contributed by atoms with van der Waals surface area (Å²) < 4.78 is 4.60. The third-order valence-electron chi connectivity index (χ3n) is 3.59. The summed E-state index contributed by atoms with van der Waals surface area (Å²) in [5.74, 6) is 1.79. The predicted molar refractivity (Wildman–Crippen MR) is 76.8 cm³/mol. The van der Waals surface area contributed by atoms with Crippen molar-refractivity contribution in [3.63, 3.8) is 0 Å². The van der Waals surface area contributed by atoms with E-state index in [2.05, 4.69) is 16.7 Å². The fraction of sp³-hybridized carbons (Fsp3) is 0.923. The number of methoxy groups -OCH3 is 1. The van der Waals surface area contributed by atoms with Crippen LogP contribution in [0.4, 0.5) is 0 Å².